The zero-order valence-electron chi connectivity index (χ0n) is 18.0. The van der Waals surface area contributed by atoms with Crippen molar-refractivity contribution in [2.75, 3.05) is 6.61 Å². The molecule has 1 saturated carbocycles. The van der Waals surface area contributed by atoms with Crippen LogP contribution in [0.4, 0.5) is 4.39 Å². The third-order valence-electron chi connectivity index (χ3n) is 6.48. The smallest absolute Gasteiger partial charge is 0.259 e. The van der Waals surface area contributed by atoms with Crippen LogP contribution in [0, 0.1) is 11.7 Å². The number of halogens is 1. The Bertz CT molecular complexity index is 951. The number of nitrogens with zero attached hydrogens (tertiary/aromatic N) is 1. The van der Waals surface area contributed by atoms with E-state index >= 15 is 0 Å². The Morgan fingerprint density at radius 1 is 1.16 bits per heavy atom. The third-order valence-corrected chi connectivity index (χ3v) is 6.48. The van der Waals surface area contributed by atoms with E-state index in [0.717, 1.165) is 18.4 Å². The fourth-order valence-corrected chi connectivity index (χ4v) is 4.91. The predicted molar refractivity (Wildman–Crippen MR) is 116 cm³/mol. The van der Waals surface area contributed by atoms with E-state index in [2.05, 4.69) is 12.2 Å². The molecule has 0 radical (unpaired) electrons. The molecule has 2 aliphatic rings. The molecule has 1 aliphatic carbocycles. The van der Waals surface area contributed by atoms with Gasteiger partial charge >= 0.3 is 0 Å². The highest BCUT2D eigenvalue weighted by Crippen LogP contribution is 2.43. The van der Waals surface area contributed by atoms with Crippen molar-refractivity contribution < 1.29 is 18.7 Å². The molecule has 4 atom stereocenters. The minimum Gasteiger partial charge on any atom is -0.353 e. The predicted octanol–water partition coefficient (Wildman–Crippen LogP) is 4.45. The highest BCUT2D eigenvalue weighted by atomic mass is 19.1. The monoisotopic (exact) mass is 424 g/mol. The van der Waals surface area contributed by atoms with Crippen molar-refractivity contribution in [3.05, 3.63) is 71.5 Å². The number of rotatable bonds is 4. The number of hydrogen-bond acceptors (Lipinski definition) is 3. The summed E-state index contributed by atoms with van der Waals surface area (Å²) in [5, 5.41) is 3.02. The number of benzene rings is 2. The molecule has 1 N–H and O–H groups in total. The Labute approximate surface area is 182 Å². The molecule has 0 aromatic heterocycles. The van der Waals surface area contributed by atoms with Crippen LogP contribution in [0.1, 0.15) is 61.5 Å². The summed E-state index contributed by atoms with van der Waals surface area (Å²) in [5.74, 6) is -1.00. The molecule has 1 heterocycles. The highest BCUT2D eigenvalue weighted by molar-refractivity contribution is 5.98. The SMILES string of the molecule is C[C@@H]1CCC[C@@]2(C1)OC[C@@H](C(=O)N[C@@H](C)c1ccccc1)N2C(=O)c1ccccc1F. The average molecular weight is 425 g/mol. The zero-order valence-corrected chi connectivity index (χ0v) is 18.0. The van der Waals surface area contributed by atoms with Gasteiger partial charge in [-0.25, -0.2) is 4.39 Å². The summed E-state index contributed by atoms with van der Waals surface area (Å²) in [6.45, 7) is 4.14. The van der Waals surface area contributed by atoms with Gasteiger partial charge in [0, 0.05) is 0 Å². The summed E-state index contributed by atoms with van der Waals surface area (Å²) < 4.78 is 20.7. The second kappa shape index (κ2) is 8.79. The van der Waals surface area contributed by atoms with Crippen molar-refractivity contribution >= 4 is 11.8 Å². The van der Waals surface area contributed by atoms with Gasteiger partial charge in [0.15, 0.2) is 0 Å². The Morgan fingerprint density at radius 2 is 1.87 bits per heavy atom. The van der Waals surface area contributed by atoms with Crippen molar-refractivity contribution in [1.29, 1.82) is 0 Å². The van der Waals surface area contributed by atoms with Crippen molar-refractivity contribution in [3.8, 4) is 0 Å². The van der Waals surface area contributed by atoms with Crippen LogP contribution in [0.15, 0.2) is 54.6 Å². The van der Waals surface area contributed by atoms with Crippen molar-refractivity contribution in [3.63, 3.8) is 0 Å². The van der Waals surface area contributed by atoms with E-state index in [0.29, 0.717) is 18.8 Å². The molecular formula is C25H29FN2O3. The minimum atomic E-state index is -0.866. The maximum atomic E-state index is 14.5. The van der Waals surface area contributed by atoms with Crippen molar-refractivity contribution in [1.82, 2.24) is 10.2 Å². The van der Waals surface area contributed by atoms with E-state index in [-0.39, 0.29) is 24.1 Å². The first-order chi connectivity index (χ1) is 14.9. The van der Waals surface area contributed by atoms with Gasteiger partial charge in [0.25, 0.3) is 5.91 Å². The molecule has 164 valence electrons. The standard InChI is InChI=1S/C25H29FN2O3/c1-17-9-8-14-25(15-17)28(24(30)20-12-6-7-13-21(20)26)22(16-31-25)23(29)27-18(2)19-10-4-3-5-11-19/h3-7,10-13,17-18,22H,8-9,14-16H2,1-2H3,(H,27,29)/t17-,18+,22+,25+/m1/s1. The van der Waals surface area contributed by atoms with Gasteiger partial charge in [0.05, 0.1) is 18.2 Å². The van der Waals surface area contributed by atoms with E-state index in [1.54, 1.807) is 12.1 Å². The van der Waals surface area contributed by atoms with Gasteiger partial charge in [-0.3, -0.25) is 14.5 Å². The van der Waals surface area contributed by atoms with Crippen LogP contribution in [0.25, 0.3) is 0 Å². The number of carbonyl (C=O) groups is 2. The quantitative estimate of drug-likeness (QED) is 0.789. The van der Waals surface area contributed by atoms with Gasteiger partial charge < -0.3 is 10.1 Å². The second-order valence-electron chi connectivity index (χ2n) is 8.77. The van der Waals surface area contributed by atoms with E-state index in [9.17, 15) is 14.0 Å². The van der Waals surface area contributed by atoms with E-state index < -0.39 is 23.5 Å². The first-order valence-corrected chi connectivity index (χ1v) is 11.0. The molecular weight excluding hydrogens is 395 g/mol. The van der Waals surface area contributed by atoms with Crippen molar-refractivity contribution in [2.24, 2.45) is 5.92 Å². The van der Waals surface area contributed by atoms with Gasteiger partial charge in [0.1, 0.15) is 17.6 Å². The van der Waals surface area contributed by atoms with Crippen LogP contribution in [-0.4, -0.2) is 35.1 Å². The van der Waals surface area contributed by atoms with Gasteiger partial charge in [-0.2, -0.15) is 0 Å². The first kappa shape index (κ1) is 21.5. The first-order valence-electron chi connectivity index (χ1n) is 11.0. The normalized spacial score (nSPS) is 26.6. The molecule has 1 aliphatic heterocycles. The van der Waals surface area contributed by atoms with E-state index in [4.69, 9.17) is 4.74 Å². The molecule has 0 unspecified atom stereocenters. The minimum absolute atomic E-state index is 0.0282. The molecule has 1 spiro atoms. The lowest BCUT2D eigenvalue weighted by Gasteiger charge is -2.43. The molecule has 6 heteroatoms. The van der Waals surface area contributed by atoms with E-state index in [1.807, 2.05) is 37.3 Å². The summed E-state index contributed by atoms with van der Waals surface area (Å²) in [5.41, 5.74) is 0.0805. The molecule has 2 fully saturated rings. The maximum Gasteiger partial charge on any atom is 0.259 e. The molecule has 2 amide bonds. The van der Waals surface area contributed by atoms with Gasteiger partial charge in [-0.05, 0) is 49.8 Å². The van der Waals surface area contributed by atoms with Gasteiger partial charge in [-0.1, -0.05) is 55.8 Å². The van der Waals surface area contributed by atoms with Crippen LogP contribution >= 0.6 is 0 Å². The number of ether oxygens (including phenoxy) is 1. The van der Waals surface area contributed by atoms with E-state index in [1.165, 1.54) is 17.0 Å². The van der Waals surface area contributed by atoms with Crippen LogP contribution in [0.3, 0.4) is 0 Å². The van der Waals surface area contributed by atoms with Crippen LogP contribution in [0.5, 0.6) is 0 Å². The van der Waals surface area contributed by atoms with Gasteiger partial charge in [0.2, 0.25) is 5.91 Å². The lowest BCUT2D eigenvalue weighted by Crippen LogP contribution is -2.57. The molecule has 0 bridgehead atoms. The largest absolute Gasteiger partial charge is 0.353 e. The molecule has 2 aromatic rings. The fraction of sp³-hybridized carbons (Fsp3) is 0.440. The Balaban J connectivity index is 1.63. The average Bonchev–Trinajstić information content (AvgIpc) is 3.12. The molecule has 2 aromatic carbocycles. The topological polar surface area (TPSA) is 58.6 Å². The molecule has 4 rings (SSSR count). The lowest BCUT2D eigenvalue weighted by molar-refractivity contribution is -0.129. The maximum absolute atomic E-state index is 14.5. The third kappa shape index (κ3) is 4.22. The van der Waals surface area contributed by atoms with Gasteiger partial charge in [-0.15, -0.1) is 0 Å². The number of carbonyl (C=O) groups excluding carboxylic acids is 2. The summed E-state index contributed by atoms with van der Waals surface area (Å²) in [6, 6.07) is 14.6. The number of hydrogen-bond donors (Lipinski definition) is 1. The summed E-state index contributed by atoms with van der Waals surface area (Å²) in [6.07, 6.45) is 3.24. The Kier molecular flexibility index (Phi) is 6.10. The second-order valence-corrected chi connectivity index (χ2v) is 8.77. The lowest BCUT2D eigenvalue weighted by atomic mass is 9.83. The van der Waals surface area contributed by atoms with Crippen LogP contribution in [0.2, 0.25) is 0 Å². The molecule has 1 saturated heterocycles. The Hall–Kier alpha value is -2.73. The fourth-order valence-electron chi connectivity index (χ4n) is 4.91. The summed E-state index contributed by atoms with van der Waals surface area (Å²) >= 11 is 0. The van der Waals surface area contributed by atoms with Crippen LogP contribution in [-0.2, 0) is 9.53 Å². The van der Waals surface area contributed by atoms with Crippen molar-refractivity contribution in [2.45, 2.75) is 57.3 Å². The highest BCUT2D eigenvalue weighted by Gasteiger charge is 2.54. The number of nitrogens with one attached hydrogen (secondary N) is 1. The Morgan fingerprint density at radius 3 is 2.58 bits per heavy atom. The molecule has 5 nitrogen and oxygen atoms in total. The molecule has 31 heavy (non-hydrogen) atoms. The van der Waals surface area contributed by atoms with Crippen LogP contribution < -0.4 is 5.32 Å². The summed E-state index contributed by atoms with van der Waals surface area (Å²) in [4.78, 5) is 28.4. The zero-order chi connectivity index (χ0) is 22.0. The number of amides is 2. The summed E-state index contributed by atoms with van der Waals surface area (Å²) in [7, 11) is 0.